The summed E-state index contributed by atoms with van der Waals surface area (Å²) in [5.74, 6) is 0.779. The number of imide groups is 1. The molecule has 1 saturated heterocycles. The second-order valence-electron chi connectivity index (χ2n) is 7.98. The fourth-order valence-electron chi connectivity index (χ4n) is 3.57. The molecule has 0 spiro atoms. The Labute approximate surface area is 171 Å². The van der Waals surface area contributed by atoms with Gasteiger partial charge in [-0.2, -0.15) is 5.10 Å². The minimum Gasteiger partial charge on any atom is -0.497 e. The zero-order chi connectivity index (χ0) is 21.3. The number of benzene rings is 1. The first kappa shape index (κ1) is 20.6. The summed E-state index contributed by atoms with van der Waals surface area (Å²) in [4.78, 5) is 25.5. The molecular weight excluding hydrogens is 368 g/mol. The summed E-state index contributed by atoms with van der Waals surface area (Å²) in [5.41, 5.74) is 2.57. The van der Waals surface area contributed by atoms with E-state index in [-0.39, 0.29) is 0 Å². The molecule has 3 amide bonds. The number of hydrogen-bond acceptors (Lipinski definition) is 4. The van der Waals surface area contributed by atoms with Gasteiger partial charge in [0, 0.05) is 23.5 Å². The van der Waals surface area contributed by atoms with Gasteiger partial charge in [0.05, 0.1) is 13.3 Å². The van der Waals surface area contributed by atoms with Crippen molar-refractivity contribution in [3.63, 3.8) is 0 Å². The van der Waals surface area contributed by atoms with Crippen LogP contribution < -0.4 is 10.1 Å². The van der Waals surface area contributed by atoms with E-state index >= 15 is 0 Å². The largest absolute Gasteiger partial charge is 0.497 e. The number of rotatable bonds is 6. The van der Waals surface area contributed by atoms with Gasteiger partial charge in [-0.05, 0) is 50.5 Å². The quantitative estimate of drug-likeness (QED) is 0.599. The van der Waals surface area contributed by atoms with Gasteiger partial charge < -0.3 is 14.6 Å². The molecule has 1 aliphatic heterocycles. The molecule has 3 rings (SSSR count). The molecule has 29 heavy (non-hydrogen) atoms. The monoisotopic (exact) mass is 396 g/mol. The number of methoxy groups -OCH3 is 1. The average molecular weight is 396 g/mol. The highest BCUT2D eigenvalue weighted by Crippen LogP contribution is 2.30. The number of carbonyl (C=O) groups is 2. The fourth-order valence-corrected chi connectivity index (χ4v) is 3.57. The summed E-state index contributed by atoms with van der Waals surface area (Å²) in [6, 6.07) is 8.53. The average Bonchev–Trinajstić information content (AvgIpc) is 3.07. The zero-order valence-electron chi connectivity index (χ0n) is 17.8. The molecule has 7 heteroatoms. The second-order valence-corrected chi connectivity index (χ2v) is 7.98. The van der Waals surface area contributed by atoms with Crippen molar-refractivity contribution >= 4 is 18.2 Å². The van der Waals surface area contributed by atoms with Gasteiger partial charge in [0.25, 0.3) is 5.91 Å². The molecule has 2 aromatic rings. The summed E-state index contributed by atoms with van der Waals surface area (Å²) >= 11 is 0. The lowest BCUT2D eigenvalue weighted by molar-refractivity contribution is -0.131. The molecule has 154 valence electrons. The Balaban J connectivity index is 1.85. The standard InChI is InChI=1S/C22H28N4O3/c1-14(2)13-25-15(3)11-17(16(25)4)12-23-26-20(27)22(5,24-21(26)28)18-7-9-19(29-6)10-8-18/h7-12,14H,13H2,1-6H3,(H,24,28). The van der Waals surface area contributed by atoms with Gasteiger partial charge in [0.1, 0.15) is 11.3 Å². The fraction of sp³-hybridized carbons (Fsp3) is 0.409. The third kappa shape index (κ3) is 3.77. The smallest absolute Gasteiger partial charge is 0.346 e. The Morgan fingerprint density at radius 1 is 1.21 bits per heavy atom. The Morgan fingerprint density at radius 3 is 2.45 bits per heavy atom. The molecule has 1 aromatic heterocycles. The van der Waals surface area contributed by atoms with Crippen molar-refractivity contribution in [1.29, 1.82) is 0 Å². The normalized spacial score (nSPS) is 19.5. The molecule has 1 fully saturated rings. The first-order chi connectivity index (χ1) is 13.7. The Kier molecular flexibility index (Phi) is 5.50. The molecule has 0 aliphatic carbocycles. The van der Waals surface area contributed by atoms with E-state index in [1.807, 2.05) is 19.9 Å². The van der Waals surface area contributed by atoms with Gasteiger partial charge in [-0.15, -0.1) is 5.01 Å². The van der Waals surface area contributed by atoms with E-state index in [1.165, 1.54) is 0 Å². The zero-order valence-corrected chi connectivity index (χ0v) is 17.8. The number of carbonyl (C=O) groups excluding carboxylic acids is 2. The second kappa shape index (κ2) is 7.73. The number of hydrogen-bond donors (Lipinski definition) is 1. The van der Waals surface area contributed by atoms with Gasteiger partial charge in [-0.25, -0.2) is 4.79 Å². The minimum atomic E-state index is -1.17. The summed E-state index contributed by atoms with van der Waals surface area (Å²) in [6.45, 7) is 11.0. The number of aromatic nitrogens is 1. The Morgan fingerprint density at radius 2 is 1.86 bits per heavy atom. The predicted octanol–water partition coefficient (Wildman–Crippen LogP) is 3.57. The highest BCUT2D eigenvalue weighted by atomic mass is 16.5. The predicted molar refractivity (Wildman–Crippen MR) is 112 cm³/mol. The molecular formula is C22H28N4O3. The van der Waals surface area contributed by atoms with Gasteiger partial charge in [0.2, 0.25) is 0 Å². The maximum atomic E-state index is 13.0. The molecule has 1 aromatic carbocycles. The third-order valence-corrected chi connectivity index (χ3v) is 5.31. The van der Waals surface area contributed by atoms with E-state index in [1.54, 1.807) is 44.5 Å². The number of aryl methyl sites for hydroxylation is 1. The van der Waals surface area contributed by atoms with Crippen molar-refractivity contribution in [3.8, 4) is 5.75 Å². The van der Waals surface area contributed by atoms with Crippen LogP contribution in [-0.4, -0.2) is 34.8 Å². The third-order valence-electron chi connectivity index (χ3n) is 5.31. The van der Waals surface area contributed by atoms with E-state index in [9.17, 15) is 9.59 Å². The number of urea groups is 1. The molecule has 0 bridgehead atoms. The Bertz CT molecular complexity index is 959. The maximum Gasteiger partial charge on any atom is 0.346 e. The number of hydrazone groups is 1. The Hall–Kier alpha value is -3.09. The van der Waals surface area contributed by atoms with E-state index in [0.29, 0.717) is 17.2 Å². The van der Waals surface area contributed by atoms with Crippen LogP contribution in [0, 0.1) is 19.8 Å². The van der Waals surface area contributed by atoms with E-state index in [4.69, 9.17) is 4.74 Å². The number of nitrogens with one attached hydrogen (secondary N) is 1. The van der Waals surface area contributed by atoms with Gasteiger partial charge in [-0.3, -0.25) is 4.79 Å². The molecule has 1 unspecified atom stereocenters. The first-order valence-corrected chi connectivity index (χ1v) is 9.69. The first-order valence-electron chi connectivity index (χ1n) is 9.69. The number of amides is 3. The van der Waals surface area contributed by atoms with E-state index < -0.39 is 17.5 Å². The van der Waals surface area contributed by atoms with Crippen LogP contribution in [0.5, 0.6) is 5.75 Å². The number of ether oxygens (including phenoxy) is 1. The van der Waals surface area contributed by atoms with Crippen molar-refractivity contribution in [2.75, 3.05) is 7.11 Å². The molecule has 1 N–H and O–H groups in total. The van der Waals surface area contributed by atoms with Crippen LogP contribution >= 0.6 is 0 Å². The maximum absolute atomic E-state index is 13.0. The number of nitrogens with zero attached hydrogens (tertiary/aromatic N) is 3. The molecule has 0 radical (unpaired) electrons. The van der Waals surface area contributed by atoms with Crippen molar-refractivity contribution in [2.24, 2.45) is 11.0 Å². The lowest BCUT2D eigenvalue weighted by Crippen LogP contribution is -2.40. The summed E-state index contributed by atoms with van der Waals surface area (Å²) in [5, 5.41) is 7.87. The molecule has 1 atom stereocenters. The van der Waals surface area contributed by atoms with Crippen LogP contribution in [0.15, 0.2) is 35.4 Å². The van der Waals surface area contributed by atoms with Crippen LogP contribution in [0.25, 0.3) is 0 Å². The van der Waals surface area contributed by atoms with Gasteiger partial charge in [0.15, 0.2) is 0 Å². The molecule has 2 heterocycles. The van der Waals surface area contributed by atoms with Crippen LogP contribution in [0.1, 0.15) is 43.3 Å². The SMILES string of the molecule is COc1ccc(C2(C)NC(=O)N(N=Cc3cc(C)n(CC(C)C)c3C)C2=O)cc1. The lowest BCUT2D eigenvalue weighted by Gasteiger charge is -2.21. The van der Waals surface area contributed by atoms with Gasteiger partial charge >= 0.3 is 6.03 Å². The van der Waals surface area contributed by atoms with Crippen LogP contribution in [-0.2, 0) is 16.9 Å². The lowest BCUT2D eigenvalue weighted by atomic mass is 9.92. The topological polar surface area (TPSA) is 75.9 Å². The van der Waals surface area contributed by atoms with Crippen molar-refractivity contribution < 1.29 is 14.3 Å². The summed E-state index contributed by atoms with van der Waals surface area (Å²) < 4.78 is 7.38. The van der Waals surface area contributed by atoms with Crippen LogP contribution in [0.2, 0.25) is 0 Å². The van der Waals surface area contributed by atoms with Crippen molar-refractivity contribution in [3.05, 3.63) is 52.8 Å². The highest BCUT2D eigenvalue weighted by Gasteiger charge is 2.49. The molecule has 1 aliphatic rings. The van der Waals surface area contributed by atoms with E-state index in [0.717, 1.165) is 28.5 Å². The molecule has 7 nitrogen and oxygen atoms in total. The summed E-state index contributed by atoms with van der Waals surface area (Å²) in [6.07, 6.45) is 1.58. The highest BCUT2D eigenvalue weighted by molar-refractivity contribution is 6.07. The van der Waals surface area contributed by atoms with Crippen LogP contribution in [0.3, 0.4) is 0 Å². The molecule has 0 saturated carbocycles. The van der Waals surface area contributed by atoms with E-state index in [2.05, 4.69) is 28.8 Å². The van der Waals surface area contributed by atoms with Gasteiger partial charge in [-0.1, -0.05) is 26.0 Å². The minimum absolute atomic E-state index is 0.417. The summed E-state index contributed by atoms with van der Waals surface area (Å²) in [7, 11) is 1.58. The van der Waals surface area contributed by atoms with Crippen molar-refractivity contribution in [2.45, 2.75) is 46.7 Å². The van der Waals surface area contributed by atoms with Crippen LogP contribution in [0.4, 0.5) is 4.79 Å². The van der Waals surface area contributed by atoms with Crippen molar-refractivity contribution in [1.82, 2.24) is 14.9 Å².